The molecule has 0 spiro atoms. The Morgan fingerprint density at radius 3 is 2.57 bits per heavy atom. The van der Waals surface area contributed by atoms with Crippen molar-refractivity contribution in [1.29, 1.82) is 0 Å². The Morgan fingerprint density at radius 2 is 2.10 bits per heavy atom. The van der Waals surface area contributed by atoms with Gasteiger partial charge in [0.25, 0.3) is 0 Å². The zero-order valence-electron chi connectivity index (χ0n) is 12.3. The lowest BCUT2D eigenvalue weighted by Crippen LogP contribution is -2.52. The van der Waals surface area contributed by atoms with Crippen molar-refractivity contribution in [3.8, 4) is 0 Å². The van der Waals surface area contributed by atoms with Crippen LogP contribution in [0.5, 0.6) is 0 Å². The highest BCUT2D eigenvalue weighted by atomic mass is 35.5. The van der Waals surface area contributed by atoms with Crippen LogP contribution in [0, 0.1) is 0 Å². The Labute approximate surface area is 135 Å². The Bertz CT molecular complexity index is 468. The molecule has 1 fully saturated rings. The van der Waals surface area contributed by atoms with E-state index >= 15 is 0 Å². The fourth-order valence-electron chi connectivity index (χ4n) is 2.82. The zero-order chi connectivity index (χ0) is 15.3. The Morgan fingerprint density at radius 1 is 1.43 bits per heavy atom. The maximum atomic E-state index is 12.8. The second-order valence-electron chi connectivity index (χ2n) is 5.58. The number of rotatable bonds is 7. The minimum absolute atomic E-state index is 0.0299. The van der Waals surface area contributed by atoms with Gasteiger partial charge < -0.3 is 10.4 Å². The van der Waals surface area contributed by atoms with Crippen molar-refractivity contribution in [2.75, 3.05) is 18.6 Å². The molecule has 0 bridgehead atoms. The maximum Gasteiger partial charge on any atom is 0.230 e. The molecule has 0 heterocycles. The van der Waals surface area contributed by atoms with E-state index in [1.807, 2.05) is 30.5 Å². The van der Waals surface area contributed by atoms with Gasteiger partial charge in [-0.25, -0.2) is 0 Å². The van der Waals surface area contributed by atoms with E-state index in [4.69, 9.17) is 16.7 Å². The summed E-state index contributed by atoms with van der Waals surface area (Å²) in [6, 6.07) is 7.63. The average Bonchev–Trinajstić information content (AvgIpc) is 2.40. The summed E-state index contributed by atoms with van der Waals surface area (Å²) in [6.45, 7) is 0.0967. The molecule has 1 aromatic rings. The van der Waals surface area contributed by atoms with Gasteiger partial charge in [0.15, 0.2) is 0 Å². The molecule has 3 nitrogen and oxygen atoms in total. The number of carbonyl (C=O) groups excluding carboxylic acids is 1. The summed E-state index contributed by atoms with van der Waals surface area (Å²) >= 11 is 7.62. The smallest absolute Gasteiger partial charge is 0.230 e. The van der Waals surface area contributed by atoms with Gasteiger partial charge in [-0.15, -0.1) is 0 Å². The van der Waals surface area contributed by atoms with E-state index in [1.165, 1.54) is 0 Å². The highest BCUT2D eigenvalue weighted by Gasteiger charge is 2.45. The molecule has 2 rings (SSSR count). The van der Waals surface area contributed by atoms with E-state index < -0.39 is 5.41 Å². The third-order valence-electron chi connectivity index (χ3n) is 4.22. The molecule has 1 saturated carbocycles. The number of nitrogens with one attached hydrogen (secondary N) is 1. The first-order valence-corrected chi connectivity index (χ1v) is 9.06. The third kappa shape index (κ3) is 3.74. The molecule has 1 aliphatic carbocycles. The summed E-state index contributed by atoms with van der Waals surface area (Å²) in [7, 11) is 0. The van der Waals surface area contributed by atoms with Crippen molar-refractivity contribution in [2.24, 2.45) is 0 Å². The summed E-state index contributed by atoms with van der Waals surface area (Å²) in [4.78, 5) is 12.8. The van der Waals surface area contributed by atoms with Gasteiger partial charge in [-0.2, -0.15) is 11.8 Å². The van der Waals surface area contributed by atoms with Crippen LogP contribution in [0.15, 0.2) is 24.3 Å². The molecule has 116 valence electrons. The van der Waals surface area contributed by atoms with Crippen LogP contribution in [-0.4, -0.2) is 35.7 Å². The number of carbonyl (C=O) groups is 1. The summed E-state index contributed by atoms with van der Waals surface area (Å²) in [5.74, 6) is 0.909. The Kier molecular flexibility index (Phi) is 5.97. The quantitative estimate of drug-likeness (QED) is 0.809. The van der Waals surface area contributed by atoms with Crippen LogP contribution in [0.4, 0.5) is 0 Å². The number of aliphatic hydroxyl groups excluding tert-OH is 1. The molecule has 2 N–H and O–H groups in total. The van der Waals surface area contributed by atoms with Gasteiger partial charge in [-0.05, 0) is 43.2 Å². The third-order valence-corrected chi connectivity index (χ3v) is 5.21. The average molecular weight is 328 g/mol. The molecule has 1 atom stereocenters. The lowest BCUT2D eigenvalue weighted by Gasteiger charge is -2.41. The van der Waals surface area contributed by atoms with E-state index in [2.05, 4.69) is 5.32 Å². The fourth-order valence-corrected chi connectivity index (χ4v) is 3.60. The van der Waals surface area contributed by atoms with Gasteiger partial charge in [-0.1, -0.05) is 30.2 Å². The normalized spacial score (nSPS) is 17.9. The van der Waals surface area contributed by atoms with E-state index in [1.54, 1.807) is 11.8 Å². The fraction of sp³-hybridized carbons (Fsp3) is 0.562. The summed E-state index contributed by atoms with van der Waals surface area (Å²) in [5.41, 5.74) is 0.638. The molecule has 0 aliphatic heterocycles. The van der Waals surface area contributed by atoms with E-state index in [0.29, 0.717) is 11.4 Å². The number of hydrogen-bond acceptors (Lipinski definition) is 3. The van der Waals surface area contributed by atoms with Gasteiger partial charge in [0.2, 0.25) is 5.91 Å². The van der Waals surface area contributed by atoms with Crippen LogP contribution in [0.3, 0.4) is 0 Å². The molecule has 21 heavy (non-hydrogen) atoms. The number of halogens is 1. The van der Waals surface area contributed by atoms with Gasteiger partial charge in [0.05, 0.1) is 5.41 Å². The van der Waals surface area contributed by atoms with Crippen LogP contribution in [0.1, 0.15) is 31.2 Å². The molecule has 1 aliphatic rings. The van der Waals surface area contributed by atoms with Crippen molar-refractivity contribution < 1.29 is 9.90 Å². The van der Waals surface area contributed by atoms with Gasteiger partial charge >= 0.3 is 0 Å². The van der Waals surface area contributed by atoms with Crippen molar-refractivity contribution in [3.63, 3.8) is 0 Å². The largest absolute Gasteiger partial charge is 0.396 e. The van der Waals surface area contributed by atoms with Gasteiger partial charge in [0.1, 0.15) is 0 Å². The van der Waals surface area contributed by atoms with Crippen molar-refractivity contribution >= 4 is 29.3 Å². The van der Waals surface area contributed by atoms with Crippen LogP contribution in [0.2, 0.25) is 5.02 Å². The molecule has 0 saturated heterocycles. The number of benzene rings is 1. The van der Waals surface area contributed by atoms with Gasteiger partial charge in [-0.3, -0.25) is 4.79 Å². The zero-order valence-corrected chi connectivity index (χ0v) is 13.8. The standard InChI is InChI=1S/C16H22ClNO2S/c1-21-11-14(7-10-19)18-15(20)16(8-2-9-16)12-3-5-13(17)6-4-12/h3-6,14,19H,2,7-11H2,1H3,(H,18,20). The summed E-state index contributed by atoms with van der Waals surface area (Å²) < 4.78 is 0. The number of amides is 1. The van der Waals surface area contributed by atoms with E-state index in [-0.39, 0.29) is 18.6 Å². The first-order valence-electron chi connectivity index (χ1n) is 7.29. The van der Waals surface area contributed by atoms with Crippen molar-refractivity contribution in [2.45, 2.75) is 37.1 Å². The first-order chi connectivity index (χ1) is 10.1. The van der Waals surface area contributed by atoms with Crippen LogP contribution in [0.25, 0.3) is 0 Å². The molecule has 0 radical (unpaired) electrons. The van der Waals surface area contributed by atoms with E-state index in [9.17, 15) is 4.79 Å². The molecular formula is C16H22ClNO2S. The molecule has 0 aromatic heterocycles. The van der Waals surface area contributed by atoms with E-state index in [0.717, 1.165) is 30.6 Å². The van der Waals surface area contributed by atoms with Crippen LogP contribution >= 0.6 is 23.4 Å². The second kappa shape index (κ2) is 7.52. The predicted octanol–water partition coefficient (Wildman–Crippen LogP) is 2.99. The molecule has 1 unspecified atom stereocenters. The molecule has 1 aromatic carbocycles. The SMILES string of the molecule is CSCC(CCO)NC(=O)C1(c2ccc(Cl)cc2)CCC1. The summed E-state index contributed by atoms with van der Waals surface area (Å²) in [6.07, 6.45) is 5.44. The highest BCUT2D eigenvalue weighted by molar-refractivity contribution is 7.98. The molecule has 5 heteroatoms. The van der Waals surface area contributed by atoms with Gasteiger partial charge in [0, 0.05) is 23.4 Å². The highest BCUT2D eigenvalue weighted by Crippen LogP contribution is 2.44. The summed E-state index contributed by atoms with van der Waals surface area (Å²) in [5, 5.41) is 12.9. The Hall–Kier alpha value is -0.710. The maximum absolute atomic E-state index is 12.8. The molecular weight excluding hydrogens is 306 g/mol. The van der Waals surface area contributed by atoms with Crippen LogP contribution < -0.4 is 5.32 Å². The molecule has 1 amide bonds. The minimum atomic E-state index is -0.406. The lowest BCUT2D eigenvalue weighted by molar-refractivity contribution is -0.130. The van der Waals surface area contributed by atoms with Crippen molar-refractivity contribution in [1.82, 2.24) is 5.32 Å². The number of thioether (sulfide) groups is 1. The topological polar surface area (TPSA) is 49.3 Å². The van der Waals surface area contributed by atoms with Crippen LogP contribution in [-0.2, 0) is 10.2 Å². The second-order valence-corrected chi connectivity index (χ2v) is 6.93. The lowest BCUT2D eigenvalue weighted by atomic mass is 9.63. The monoisotopic (exact) mass is 327 g/mol. The predicted molar refractivity (Wildman–Crippen MR) is 89.0 cm³/mol. The first kappa shape index (κ1) is 16.7. The van der Waals surface area contributed by atoms with Crippen molar-refractivity contribution in [3.05, 3.63) is 34.9 Å². The Balaban J connectivity index is 2.12. The number of hydrogen-bond donors (Lipinski definition) is 2. The minimum Gasteiger partial charge on any atom is -0.396 e. The number of aliphatic hydroxyl groups is 1.